The second-order valence-electron chi connectivity index (χ2n) is 11.2. The van der Waals surface area contributed by atoms with Crippen LogP contribution in [0.25, 0.3) is 98.6 Å². The van der Waals surface area contributed by atoms with Gasteiger partial charge in [0.05, 0.1) is 6.26 Å². The van der Waals surface area contributed by atoms with E-state index in [4.69, 9.17) is 13.3 Å². The summed E-state index contributed by atoms with van der Waals surface area (Å²) in [4.78, 5) is 0. The Balaban J connectivity index is 1.36. The zero-order valence-corrected chi connectivity index (χ0v) is 22.9. The third-order valence-electron chi connectivity index (χ3n) is 8.94. The van der Waals surface area contributed by atoms with Gasteiger partial charge in [0.2, 0.25) is 0 Å². The average Bonchev–Trinajstić information content (AvgIpc) is 3.77. The summed E-state index contributed by atoms with van der Waals surface area (Å²) < 4.78 is 18.7. The largest absolute Gasteiger partial charge is 0.464 e. The van der Waals surface area contributed by atoms with Crippen molar-refractivity contribution in [1.82, 2.24) is 0 Å². The summed E-state index contributed by atoms with van der Waals surface area (Å²) in [6.45, 7) is 0. The monoisotopic (exact) mass is 550 g/mol. The second kappa shape index (κ2) is 8.37. The minimum Gasteiger partial charge on any atom is -0.464 e. The number of furan rings is 3. The summed E-state index contributed by atoms with van der Waals surface area (Å²) in [5.74, 6) is 0. The first-order chi connectivity index (χ1) is 21.3. The standard InChI is InChI=1S/C40H22O3/c1-3-11-26-24(9-1)37(30-15-8-18-34-39(30)29-13-5-6-17-33(29)42-34)25-10-2-4-12-27(25)38(26)31-16-7-14-28-32-22-35-23(19-20-41-35)21-36(32)43-40(28)31/h1-22H. The van der Waals surface area contributed by atoms with Crippen molar-refractivity contribution in [3.63, 3.8) is 0 Å². The highest BCUT2D eigenvalue weighted by atomic mass is 16.3. The molecule has 0 saturated carbocycles. The van der Waals surface area contributed by atoms with Crippen LogP contribution < -0.4 is 0 Å². The molecule has 0 fully saturated rings. The maximum absolute atomic E-state index is 6.67. The van der Waals surface area contributed by atoms with Gasteiger partial charge in [-0.25, -0.2) is 0 Å². The molecule has 0 N–H and O–H groups in total. The molecular formula is C40H22O3. The van der Waals surface area contributed by atoms with Gasteiger partial charge in [0.25, 0.3) is 0 Å². The molecule has 0 spiro atoms. The van der Waals surface area contributed by atoms with Gasteiger partial charge < -0.3 is 13.3 Å². The second-order valence-corrected chi connectivity index (χ2v) is 11.2. The third-order valence-corrected chi connectivity index (χ3v) is 8.94. The van der Waals surface area contributed by atoms with E-state index in [0.29, 0.717) is 0 Å². The Morgan fingerprint density at radius 2 is 0.977 bits per heavy atom. The van der Waals surface area contributed by atoms with Crippen LogP contribution in [0.1, 0.15) is 0 Å². The van der Waals surface area contributed by atoms with E-state index in [-0.39, 0.29) is 0 Å². The average molecular weight is 551 g/mol. The van der Waals surface area contributed by atoms with E-state index in [2.05, 4.69) is 109 Å². The molecule has 3 heteroatoms. The molecule has 3 aromatic heterocycles. The van der Waals surface area contributed by atoms with Gasteiger partial charge in [0.15, 0.2) is 0 Å². The molecule has 0 saturated heterocycles. The van der Waals surface area contributed by atoms with Crippen LogP contribution in [0.2, 0.25) is 0 Å². The smallest absolute Gasteiger partial charge is 0.143 e. The number of rotatable bonds is 2. The molecular weight excluding hydrogens is 528 g/mol. The number of hydrogen-bond donors (Lipinski definition) is 0. The van der Waals surface area contributed by atoms with Crippen molar-refractivity contribution in [1.29, 1.82) is 0 Å². The zero-order chi connectivity index (χ0) is 28.1. The normalized spacial score (nSPS) is 12.2. The molecule has 0 aliphatic carbocycles. The van der Waals surface area contributed by atoms with E-state index >= 15 is 0 Å². The highest BCUT2D eigenvalue weighted by Crippen LogP contribution is 2.48. The molecule has 0 aliphatic rings. The number of fused-ring (bicyclic) bond motifs is 9. The van der Waals surface area contributed by atoms with Crippen LogP contribution in [0.3, 0.4) is 0 Å². The van der Waals surface area contributed by atoms with E-state index in [1.54, 1.807) is 6.26 Å². The lowest BCUT2D eigenvalue weighted by Gasteiger charge is -2.18. The molecule has 3 nitrogen and oxygen atoms in total. The summed E-state index contributed by atoms with van der Waals surface area (Å²) in [6.07, 6.45) is 1.73. The van der Waals surface area contributed by atoms with Gasteiger partial charge in [0.1, 0.15) is 27.9 Å². The van der Waals surface area contributed by atoms with Crippen molar-refractivity contribution in [2.24, 2.45) is 0 Å². The molecule has 0 radical (unpaired) electrons. The van der Waals surface area contributed by atoms with E-state index in [1.807, 2.05) is 18.2 Å². The first-order valence-electron chi connectivity index (χ1n) is 14.5. The summed E-state index contributed by atoms with van der Waals surface area (Å²) >= 11 is 0. The Morgan fingerprint density at radius 1 is 0.372 bits per heavy atom. The van der Waals surface area contributed by atoms with E-state index in [9.17, 15) is 0 Å². The van der Waals surface area contributed by atoms with Crippen LogP contribution in [0.4, 0.5) is 0 Å². The summed E-state index contributed by atoms with van der Waals surface area (Å²) in [7, 11) is 0. The van der Waals surface area contributed by atoms with Crippen LogP contribution in [-0.4, -0.2) is 0 Å². The van der Waals surface area contributed by atoms with Crippen molar-refractivity contribution in [3.05, 3.63) is 134 Å². The maximum atomic E-state index is 6.67. The van der Waals surface area contributed by atoms with Crippen molar-refractivity contribution in [2.45, 2.75) is 0 Å². The summed E-state index contributed by atoms with van der Waals surface area (Å²) in [5.41, 5.74) is 9.05. The molecule has 0 unspecified atom stereocenters. The SMILES string of the molecule is c1ccc2c(c1)oc1cccc(-c3c4ccccc4c(-c4cccc5c4oc4cc6ccoc6cc45)c4ccccc34)c12. The zero-order valence-electron chi connectivity index (χ0n) is 22.9. The maximum Gasteiger partial charge on any atom is 0.143 e. The molecule has 10 aromatic rings. The molecule has 7 aromatic carbocycles. The molecule has 3 heterocycles. The predicted molar refractivity (Wildman–Crippen MR) is 177 cm³/mol. The molecule has 0 bridgehead atoms. The van der Waals surface area contributed by atoms with Crippen molar-refractivity contribution >= 4 is 76.4 Å². The van der Waals surface area contributed by atoms with Gasteiger partial charge in [-0.3, -0.25) is 0 Å². The highest BCUT2D eigenvalue weighted by molar-refractivity contribution is 6.27. The number of hydrogen-bond acceptors (Lipinski definition) is 3. The van der Waals surface area contributed by atoms with Crippen molar-refractivity contribution < 1.29 is 13.3 Å². The van der Waals surface area contributed by atoms with Crippen LogP contribution >= 0.6 is 0 Å². The van der Waals surface area contributed by atoms with Crippen LogP contribution in [-0.2, 0) is 0 Å². The quantitative estimate of drug-likeness (QED) is 0.201. The molecule has 0 amide bonds. The third kappa shape index (κ3) is 3.08. The lowest BCUT2D eigenvalue weighted by molar-refractivity contribution is 0.616. The van der Waals surface area contributed by atoms with Gasteiger partial charge in [-0.15, -0.1) is 0 Å². The summed E-state index contributed by atoms with van der Waals surface area (Å²) in [6, 6.07) is 44.8. The fraction of sp³-hybridized carbons (Fsp3) is 0. The lowest BCUT2D eigenvalue weighted by Crippen LogP contribution is -1.91. The Kier molecular flexibility index (Phi) is 4.45. The van der Waals surface area contributed by atoms with Crippen LogP contribution in [0.15, 0.2) is 147 Å². The fourth-order valence-corrected chi connectivity index (χ4v) is 7.14. The van der Waals surface area contributed by atoms with Crippen molar-refractivity contribution in [3.8, 4) is 22.3 Å². The highest BCUT2D eigenvalue weighted by Gasteiger charge is 2.22. The molecule has 10 rings (SSSR count). The van der Waals surface area contributed by atoms with Gasteiger partial charge in [-0.05, 0) is 63.0 Å². The number of benzene rings is 7. The molecule has 43 heavy (non-hydrogen) atoms. The van der Waals surface area contributed by atoms with Gasteiger partial charge in [0, 0.05) is 38.1 Å². The van der Waals surface area contributed by atoms with E-state index < -0.39 is 0 Å². The molecule has 200 valence electrons. The molecule has 0 aliphatic heterocycles. The van der Waals surface area contributed by atoms with Gasteiger partial charge in [-0.1, -0.05) is 97.1 Å². The lowest BCUT2D eigenvalue weighted by atomic mass is 9.84. The fourth-order valence-electron chi connectivity index (χ4n) is 7.14. The van der Waals surface area contributed by atoms with Crippen LogP contribution in [0, 0.1) is 0 Å². The van der Waals surface area contributed by atoms with Crippen molar-refractivity contribution in [2.75, 3.05) is 0 Å². The molecule has 0 atom stereocenters. The number of para-hydroxylation sites is 2. The predicted octanol–water partition coefficient (Wildman–Crippen LogP) is 11.9. The van der Waals surface area contributed by atoms with Crippen LogP contribution in [0.5, 0.6) is 0 Å². The minimum absolute atomic E-state index is 0.861. The Morgan fingerprint density at radius 3 is 1.74 bits per heavy atom. The Bertz CT molecular complexity index is 2680. The Hall–Kier alpha value is -5.80. The first kappa shape index (κ1) is 22.8. The minimum atomic E-state index is 0.861. The van der Waals surface area contributed by atoms with E-state index in [1.165, 1.54) is 38.2 Å². The van der Waals surface area contributed by atoms with Gasteiger partial charge in [-0.2, -0.15) is 0 Å². The van der Waals surface area contributed by atoms with E-state index in [0.717, 1.165) is 60.4 Å². The Labute approximate surface area is 245 Å². The first-order valence-corrected chi connectivity index (χ1v) is 14.5. The summed E-state index contributed by atoms with van der Waals surface area (Å²) in [5, 5.41) is 10.2. The topological polar surface area (TPSA) is 39.4 Å². The van der Waals surface area contributed by atoms with Gasteiger partial charge >= 0.3 is 0 Å².